The number of fused-ring (bicyclic) bond motifs is 1. The van der Waals surface area contributed by atoms with Crippen LogP contribution in [0, 0.1) is 5.92 Å². The summed E-state index contributed by atoms with van der Waals surface area (Å²) in [6, 6.07) is 27.1. The average Bonchev–Trinajstić information content (AvgIpc) is 3.64. The van der Waals surface area contributed by atoms with Crippen LogP contribution in [0.1, 0.15) is 57.4 Å². The zero-order valence-corrected chi connectivity index (χ0v) is 32.7. The van der Waals surface area contributed by atoms with Gasteiger partial charge in [0.1, 0.15) is 35.4 Å². The number of ether oxygens (including phenoxy) is 1. The second-order valence-corrected chi connectivity index (χ2v) is 16.3. The summed E-state index contributed by atoms with van der Waals surface area (Å²) >= 11 is 0. The average molecular weight is 767 g/mol. The van der Waals surface area contributed by atoms with E-state index in [9.17, 15) is 4.79 Å². The number of aromatic nitrogens is 4. The number of nitrogens with one attached hydrogen (secondary N) is 2. The Hall–Kier alpha value is -5.46. The summed E-state index contributed by atoms with van der Waals surface area (Å²) < 4.78 is 8.14. The Kier molecular flexibility index (Phi) is 10.8. The number of nitrogens with two attached hydrogens (primary N) is 1. The number of allylic oxidation sites excluding steroid dienone is 1. The fraction of sp³-hybridized carbons (Fsp3) is 0.422. The molecule has 0 saturated carbocycles. The van der Waals surface area contributed by atoms with Gasteiger partial charge >= 0.3 is 0 Å². The molecule has 296 valence electrons. The maximum atomic E-state index is 12.3. The molecule has 4 N–H and O–H groups in total. The summed E-state index contributed by atoms with van der Waals surface area (Å²) in [7, 11) is 0. The minimum atomic E-state index is -0.202. The lowest BCUT2D eigenvalue weighted by Gasteiger charge is -2.43. The van der Waals surface area contributed by atoms with Crippen LogP contribution in [0.3, 0.4) is 0 Å². The van der Waals surface area contributed by atoms with Crippen molar-refractivity contribution in [1.29, 1.82) is 0 Å². The molecule has 1 atom stereocenters. The van der Waals surface area contributed by atoms with Crippen molar-refractivity contribution in [3.8, 4) is 22.8 Å². The zero-order chi connectivity index (χ0) is 38.7. The van der Waals surface area contributed by atoms with E-state index in [4.69, 9.17) is 20.6 Å². The van der Waals surface area contributed by atoms with E-state index in [1.54, 1.807) is 6.33 Å². The number of hydrogen-bond donors (Lipinski definition) is 3. The number of likely N-dealkylation sites (tertiary alicyclic amines) is 2. The zero-order valence-electron chi connectivity index (χ0n) is 32.7. The van der Waals surface area contributed by atoms with Gasteiger partial charge in [0.2, 0.25) is 5.91 Å². The van der Waals surface area contributed by atoms with Crippen molar-refractivity contribution in [2.24, 2.45) is 5.92 Å². The summed E-state index contributed by atoms with van der Waals surface area (Å²) in [5.74, 6) is 2.79. The highest BCUT2D eigenvalue weighted by molar-refractivity contribution is 5.98. The second kappa shape index (κ2) is 16.6. The first-order valence-electron chi connectivity index (χ1n) is 20.8. The van der Waals surface area contributed by atoms with Crippen molar-refractivity contribution < 1.29 is 9.53 Å². The number of carbonyl (C=O) groups excluding carboxylic acids is 1. The van der Waals surface area contributed by atoms with Crippen LogP contribution in [0.15, 0.2) is 97.5 Å². The number of hydrogen-bond acceptors (Lipinski definition) is 10. The topological polar surface area (TPSA) is 130 Å². The maximum Gasteiger partial charge on any atom is 0.246 e. The fourth-order valence-electron chi connectivity index (χ4n) is 9.34. The highest BCUT2D eigenvalue weighted by Gasteiger charge is 2.32. The van der Waals surface area contributed by atoms with Gasteiger partial charge in [-0.15, -0.1) is 0 Å². The smallest absolute Gasteiger partial charge is 0.246 e. The van der Waals surface area contributed by atoms with E-state index < -0.39 is 0 Å². The molecule has 57 heavy (non-hydrogen) atoms. The third-order valence-electron chi connectivity index (χ3n) is 12.6. The first-order valence-corrected chi connectivity index (χ1v) is 20.8. The minimum absolute atomic E-state index is 0.00783. The molecule has 6 heterocycles. The van der Waals surface area contributed by atoms with Gasteiger partial charge in [-0.05, 0) is 131 Å². The molecule has 9 rings (SSSR count). The van der Waals surface area contributed by atoms with Crippen molar-refractivity contribution in [3.05, 3.63) is 97.5 Å². The number of rotatable bonds is 10. The number of amides is 1. The number of para-hydroxylation sites is 1. The van der Waals surface area contributed by atoms with Gasteiger partial charge in [-0.1, -0.05) is 24.8 Å². The SMILES string of the molecule is C=C1CCC(Nc2ccc(N3CCC(CN4CCC(N5CCC(n6nc(-c7ccc(Oc8ccccc8)cc7)c7c(N)ncnc76)CC5)CC4)CC3)cc2)C(=O)N1. The van der Waals surface area contributed by atoms with Gasteiger partial charge in [0, 0.05) is 61.4 Å². The van der Waals surface area contributed by atoms with E-state index in [1.807, 2.05) is 54.6 Å². The van der Waals surface area contributed by atoms with Gasteiger partial charge in [0.05, 0.1) is 11.4 Å². The number of nitrogens with zero attached hydrogens (tertiary/aromatic N) is 7. The molecule has 0 aliphatic carbocycles. The molecule has 0 bridgehead atoms. The third kappa shape index (κ3) is 8.33. The molecule has 1 unspecified atom stereocenters. The molecular formula is C45H54N10O2. The van der Waals surface area contributed by atoms with Crippen LogP contribution in [0.5, 0.6) is 11.5 Å². The van der Waals surface area contributed by atoms with Crippen LogP contribution < -0.4 is 26.0 Å². The van der Waals surface area contributed by atoms with E-state index in [0.717, 1.165) is 103 Å². The lowest BCUT2D eigenvalue weighted by atomic mass is 9.93. The maximum absolute atomic E-state index is 12.3. The molecule has 2 aromatic heterocycles. The summed E-state index contributed by atoms with van der Waals surface area (Å²) in [4.78, 5) is 29.3. The van der Waals surface area contributed by atoms with Gasteiger partial charge in [-0.3, -0.25) is 4.79 Å². The minimum Gasteiger partial charge on any atom is -0.457 e. The molecule has 0 radical (unpaired) electrons. The Morgan fingerprint density at radius 3 is 2.21 bits per heavy atom. The summed E-state index contributed by atoms with van der Waals surface area (Å²) in [5.41, 5.74) is 12.1. The summed E-state index contributed by atoms with van der Waals surface area (Å²) in [5, 5.41) is 12.2. The Morgan fingerprint density at radius 1 is 0.789 bits per heavy atom. The van der Waals surface area contributed by atoms with E-state index in [-0.39, 0.29) is 18.0 Å². The summed E-state index contributed by atoms with van der Waals surface area (Å²) in [6.07, 6.45) is 10.2. The van der Waals surface area contributed by atoms with Crippen LogP contribution in [-0.4, -0.2) is 93.4 Å². The first kappa shape index (κ1) is 37.1. The van der Waals surface area contributed by atoms with Gasteiger partial charge in [0.15, 0.2) is 5.65 Å². The Balaban J connectivity index is 0.738. The highest BCUT2D eigenvalue weighted by atomic mass is 16.5. The molecule has 1 amide bonds. The van der Waals surface area contributed by atoms with E-state index >= 15 is 0 Å². The van der Waals surface area contributed by atoms with Gasteiger partial charge in [-0.25, -0.2) is 14.6 Å². The van der Waals surface area contributed by atoms with Gasteiger partial charge in [0.25, 0.3) is 0 Å². The largest absolute Gasteiger partial charge is 0.457 e. The first-order chi connectivity index (χ1) is 27.9. The molecule has 4 fully saturated rings. The molecule has 12 heteroatoms. The molecule has 0 spiro atoms. The van der Waals surface area contributed by atoms with Gasteiger partial charge < -0.3 is 35.8 Å². The second-order valence-electron chi connectivity index (χ2n) is 16.3. The monoisotopic (exact) mass is 766 g/mol. The number of nitrogen functional groups attached to an aromatic ring is 1. The van der Waals surface area contributed by atoms with E-state index in [1.165, 1.54) is 51.0 Å². The van der Waals surface area contributed by atoms with E-state index in [2.05, 4.69) is 65.8 Å². The standard InChI is InChI=1S/C45H54N10O2/c1-31-7-16-40(45(56)49-31)50-34-10-12-35(13-11-34)53-25-17-32(18-26-53)29-52-23-19-36(20-24-52)54-27-21-37(22-28-54)55-44-41(43(46)47-30-48-44)42(51-55)33-8-14-39(15-9-33)57-38-5-3-2-4-6-38/h2-6,8-15,30,32,36-37,40,50H,1,7,16-29H2,(H,49,56)(H2,46,47,48). The number of carbonyl (C=O) groups is 1. The van der Waals surface area contributed by atoms with Crippen molar-refractivity contribution in [3.63, 3.8) is 0 Å². The number of piperidine rings is 4. The quantitative estimate of drug-likeness (QED) is 0.136. The normalized spacial score (nSPS) is 20.8. The summed E-state index contributed by atoms with van der Waals surface area (Å²) in [6.45, 7) is 11.8. The van der Waals surface area contributed by atoms with Crippen LogP contribution >= 0.6 is 0 Å². The molecule has 4 aliphatic heterocycles. The molecule has 12 nitrogen and oxygen atoms in total. The Labute approximate surface area is 335 Å². The van der Waals surface area contributed by atoms with Crippen molar-refractivity contribution in [2.45, 2.75) is 69.5 Å². The van der Waals surface area contributed by atoms with Crippen molar-refractivity contribution >= 4 is 34.1 Å². The highest BCUT2D eigenvalue weighted by Crippen LogP contribution is 2.36. The van der Waals surface area contributed by atoms with Crippen LogP contribution in [0.4, 0.5) is 17.2 Å². The van der Waals surface area contributed by atoms with Crippen molar-refractivity contribution in [1.82, 2.24) is 34.9 Å². The van der Waals surface area contributed by atoms with Crippen LogP contribution in [0.2, 0.25) is 0 Å². The lowest BCUT2D eigenvalue weighted by molar-refractivity contribution is -0.122. The third-order valence-corrected chi connectivity index (χ3v) is 12.6. The van der Waals surface area contributed by atoms with Gasteiger partial charge in [-0.2, -0.15) is 5.10 Å². The number of benzene rings is 3. The molecule has 5 aromatic rings. The predicted octanol–water partition coefficient (Wildman–Crippen LogP) is 7.09. The predicted molar refractivity (Wildman–Crippen MR) is 226 cm³/mol. The molecule has 3 aromatic carbocycles. The Morgan fingerprint density at radius 2 is 1.49 bits per heavy atom. The number of anilines is 3. The molecule has 4 aliphatic rings. The molecular weight excluding hydrogens is 713 g/mol. The van der Waals surface area contributed by atoms with Crippen LogP contribution in [0.25, 0.3) is 22.3 Å². The van der Waals surface area contributed by atoms with E-state index in [0.29, 0.717) is 11.9 Å². The van der Waals surface area contributed by atoms with Crippen LogP contribution in [-0.2, 0) is 4.79 Å². The fourth-order valence-corrected chi connectivity index (χ4v) is 9.34. The Bertz CT molecular complexity index is 2150. The van der Waals surface area contributed by atoms with Crippen molar-refractivity contribution in [2.75, 3.05) is 61.8 Å². The molecule has 4 saturated heterocycles. The lowest BCUT2D eigenvalue weighted by Crippen LogP contribution is -2.49.